The second kappa shape index (κ2) is 10.4. The summed E-state index contributed by atoms with van der Waals surface area (Å²) in [5, 5.41) is 7.09. The van der Waals surface area contributed by atoms with Gasteiger partial charge in [-0.2, -0.15) is 0 Å². The van der Waals surface area contributed by atoms with E-state index < -0.39 is 22.5 Å². The van der Waals surface area contributed by atoms with Crippen LogP contribution in [0, 0.1) is 0 Å². The van der Waals surface area contributed by atoms with Crippen LogP contribution in [-0.2, 0) is 26.2 Å². The summed E-state index contributed by atoms with van der Waals surface area (Å²) in [5.41, 5.74) is 0.692. The maximum atomic E-state index is 13.5. The fraction of sp³-hybridized carbons (Fsp3) is 0.143. The molecule has 2 N–H and O–H groups in total. The van der Waals surface area contributed by atoms with Gasteiger partial charge in [0.05, 0.1) is 22.3 Å². The fourth-order valence-electron chi connectivity index (χ4n) is 2.85. The number of carbonyl (C=O) groups is 2. The van der Waals surface area contributed by atoms with E-state index in [9.17, 15) is 18.0 Å². The highest BCUT2D eigenvalue weighted by Gasteiger charge is 2.31. The number of carbonyl (C=O) groups excluding carboxylic acids is 2. The Kier molecular flexibility index (Phi) is 7.78. The predicted molar refractivity (Wildman–Crippen MR) is 128 cm³/mol. The highest BCUT2D eigenvalue weighted by atomic mass is 35.5. The van der Waals surface area contributed by atoms with Crippen LogP contribution in [0.3, 0.4) is 0 Å². The lowest BCUT2D eigenvalue weighted by Crippen LogP contribution is -2.40. The molecule has 0 bridgehead atoms. The second-order valence-corrected chi connectivity index (χ2v) is 10.3. The van der Waals surface area contributed by atoms with E-state index in [-0.39, 0.29) is 33.1 Å². The lowest BCUT2D eigenvalue weighted by Gasteiger charge is -2.25. The van der Waals surface area contributed by atoms with Gasteiger partial charge in [-0.05, 0) is 47.8 Å². The number of benzene rings is 2. The number of amides is 2. The Morgan fingerprint density at radius 1 is 1.00 bits per heavy atom. The molecule has 2 amide bonds. The number of sulfonamides is 1. The number of rotatable bonds is 8. The summed E-state index contributed by atoms with van der Waals surface area (Å²) < 4.78 is 28.0. The van der Waals surface area contributed by atoms with E-state index in [0.717, 1.165) is 9.18 Å². The Morgan fingerprint density at radius 2 is 1.66 bits per heavy atom. The summed E-state index contributed by atoms with van der Waals surface area (Å²) in [7, 11) is -4.29. The molecule has 32 heavy (non-hydrogen) atoms. The summed E-state index contributed by atoms with van der Waals surface area (Å²) in [6.07, 6.45) is 0. The van der Waals surface area contributed by atoms with Crippen LogP contribution >= 0.6 is 34.5 Å². The van der Waals surface area contributed by atoms with E-state index in [1.54, 1.807) is 0 Å². The molecule has 1 aromatic heterocycles. The molecule has 0 unspecified atom stereocenters. The molecule has 0 spiro atoms. The third-order valence-electron chi connectivity index (χ3n) is 4.27. The normalized spacial score (nSPS) is 11.1. The molecule has 1 heterocycles. The van der Waals surface area contributed by atoms with Crippen molar-refractivity contribution in [1.29, 1.82) is 0 Å². The number of halogens is 2. The van der Waals surface area contributed by atoms with Crippen LogP contribution in [0.5, 0.6) is 0 Å². The minimum absolute atomic E-state index is 0.0589. The monoisotopic (exact) mass is 511 g/mol. The topological polar surface area (TPSA) is 95.6 Å². The van der Waals surface area contributed by atoms with Gasteiger partial charge in [0.15, 0.2) is 0 Å². The smallest absolute Gasteiger partial charge is 0.267 e. The maximum Gasteiger partial charge on any atom is 0.267 e. The van der Waals surface area contributed by atoms with Crippen molar-refractivity contribution in [2.45, 2.75) is 18.4 Å². The van der Waals surface area contributed by atoms with Crippen LogP contribution in [0.4, 0.5) is 11.4 Å². The van der Waals surface area contributed by atoms with Gasteiger partial charge in [0, 0.05) is 17.5 Å². The summed E-state index contributed by atoms with van der Waals surface area (Å²) in [6, 6.07) is 14.1. The molecule has 2 aromatic carbocycles. The molecular formula is C21H19Cl2N3O4S2. The summed E-state index contributed by atoms with van der Waals surface area (Å²) in [6.45, 7) is 1.15. The van der Waals surface area contributed by atoms with Gasteiger partial charge in [0.25, 0.3) is 10.0 Å². The molecule has 0 aliphatic rings. The first kappa shape index (κ1) is 24.1. The minimum Gasteiger partial charge on any atom is -0.350 e. The Balaban J connectivity index is 1.95. The number of thiophene rings is 1. The SMILES string of the molecule is CC(=O)Nc1ccc(N(CC(=O)NCc2cccs2)S(=O)(=O)c2c(Cl)cccc2Cl)cc1. The van der Waals surface area contributed by atoms with E-state index >= 15 is 0 Å². The molecule has 168 valence electrons. The van der Waals surface area contributed by atoms with Gasteiger partial charge in [0.1, 0.15) is 11.4 Å². The van der Waals surface area contributed by atoms with Crippen LogP contribution in [0.1, 0.15) is 11.8 Å². The van der Waals surface area contributed by atoms with E-state index in [1.165, 1.54) is 60.7 Å². The van der Waals surface area contributed by atoms with E-state index in [1.807, 2.05) is 17.5 Å². The van der Waals surface area contributed by atoms with Crippen molar-refractivity contribution in [3.8, 4) is 0 Å². The van der Waals surface area contributed by atoms with Crippen molar-refractivity contribution in [3.05, 3.63) is 74.9 Å². The van der Waals surface area contributed by atoms with Gasteiger partial charge in [-0.25, -0.2) is 8.42 Å². The third kappa shape index (κ3) is 5.80. The van der Waals surface area contributed by atoms with Gasteiger partial charge >= 0.3 is 0 Å². The zero-order chi connectivity index (χ0) is 23.3. The average Bonchev–Trinajstić information content (AvgIpc) is 3.24. The zero-order valence-electron chi connectivity index (χ0n) is 16.8. The van der Waals surface area contributed by atoms with Crippen molar-refractivity contribution in [2.24, 2.45) is 0 Å². The van der Waals surface area contributed by atoms with Crippen molar-refractivity contribution in [2.75, 3.05) is 16.2 Å². The number of hydrogen-bond acceptors (Lipinski definition) is 5. The lowest BCUT2D eigenvalue weighted by molar-refractivity contribution is -0.119. The van der Waals surface area contributed by atoms with Crippen LogP contribution in [-0.4, -0.2) is 26.8 Å². The summed E-state index contributed by atoms with van der Waals surface area (Å²) in [5.74, 6) is -0.769. The minimum atomic E-state index is -4.29. The van der Waals surface area contributed by atoms with Crippen molar-refractivity contribution < 1.29 is 18.0 Å². The van der Waals surface area contributed by atoms with Gasteiger partial charge in [-0.1, -0.05) is 35.3 Å². The zero-order valence-corrected chi connectivity index (χ0v) is 20.0. The Labute approximate surface area is 200 Å². The van der Waals surface area contributed by atoms with Crippen LogP contribution in [0.15, 0.2) is 64.9 Å². The maximum absolute atomic E-state index is 13.5. The first-order chi connectivity index (χ1) is 15.2. The molecule has 0 atom stereocenters. The molecule has 0 aliphatic carbocycles. The molecule has 0 radical (unpaired) electrons. The Bertz CT molecular complexity index is 1190. The second-order valence-electron chi connectivity index (χ2n) is 6.65. The van der Waals surface area contributed by atoms with Crippen molar-refractivity contribution in [1.82, 2.24) is 5.32 Å². The van der Waals surface area contributed by atoms with E-state index in [0.29, 0.717) is 5.69 Å². The van der Waals surface area contributed by atoms with E-state index in [2.05, 4.69) is 10.6 Å². The molecule has 3 aromatic rings. The number of hydrogen-bond donors (Lipinski definition) is 2. The molecule has 11 heteroatoms. The van der Waals surface area contributed by atoms with Crippen LogP contribution < -0.4 is 14.9 Å². The van der Waals surface area contributed by atoms with Crippen molar-refractivity contribution in [3.63, 3.8) is 0 Å². The fourth-order valence-corrected chi connectivity index (χ4v) is 6.02. The van der Waals surface area contributed by atoms with Gasteiger partial charge in [-0.15, -0.1) is 11.3 Å². The highest BCUT2D eigenvalue weighted by Crippen LogP contribution is 2.34. The first-order valence-electron chi connectivity index (χ1n) is 9.32. The quantitative estimate of drug-likeness (QED) is 0.464. The molecular weight excluding hydrogens is 493 g/mol. The van der Waals surface area contributed by atoms with Crippen LogP contribution in [0.2, 0.25) is 10.0 Å². The summed E-state index contributed by atoms with van der Waals surface area (Å²) in [4.78, 5) is 24.6. The van der Waals surface area contributed by atoms with Gasteiger partial charge < -0.3 is 10.6 Å². The van der Waals surface area contributed by atoms with Gasteiger partial charge in [-0.3, -0.25) is 13.9 Å². The third-order valence-corrected chi connectivity index (χ3v) is 7.88. The number of anilines is 2. The summed E-state index contributed by atoms with van der Waals surface area (Å²) >= 11 is 13.8. The molecule has 0 aliphatic heterocycles. The number of nitrogens with zero attached hydrogens (tertiary/aromatic N) is 1. The molecule has 0 fully saturated rings. The van der Waals surface area contributed by atoms with E-state index in [4.69, 9.17) is 23.2 Å². The molecule has 0 saturated carbocycles. The lowest BCUT2D eigenvalue weighted by atomic mass is 10.2. The molecule has 7 nitrogen and oxygen atoms in total. The van der Waals surface area contributed by atoms with Crippen LogP contribution in [0.25, 0.3) is 0 Å². The van der Waals surface area contributed by atoms with Crippen molar-refractivity contribution >= 4 is 67.8 Å². The molecule has 3 rings (SSSR count). The predicted octanol–water partition coefficient (Wildman–Crippen LogP) is 4.53. The highest BCUT2D eigenvalue weighted by molar-refractivity contribution is 7.93. The largest absolute Gasteiger partial charge is 0.350 e. The Hall–Kier alpha value is -2.59. The van der Waals surface area contributed by atoms with Gasteiger partial charge in [0.2, 0.25) is 11.8 Å². The number of nitrogens with one attached hydrogen (secondary N) is 2. The average molecular weight is 512 g/mol. The first-order valence-corrected chi connectivity index (χ1v) is 12.4. The molecule has 0 saturated heterocycles. The standard InChI is InChI=1S/C21H19Cl2N3O4S2/c1-14(27)25-15-7-9-16(10-8-15)26(13-20(28)24-12-17-4-3-11-31-17)32(29,30)21-18(22)5-2-6-19(21)23/h2-11H,12-13H2,1H3,(H,24,28)(H,25,27). The Morgan fingerprint density at radius 3 is 2.22 bits per heavy atom.